The minimum Gasteiger partial charge on any atom is -0.497 e. The van der Waals surface area contributed by atoms with Crippen LogP contribution in [0, 0.1) is 0 Å². The Balaban J connectivity index is 1.65. The Labute approximate surface area is 147 Å². The zero-order valence-electron chi connectivity index (χ0n) is 14.1. The Hall–Kier alpha value is -2.59. The molecule has 0 bridgehead atoms. The maximum absolute atomic E-state index is 12.0. The first kappa shape index (κ1) is 15.9. The van der Waals surface area contributed by atoms with Crippen LogP contribution in [0.2, 0.25) is 0 Å². The first-order chi connectivity index (χ1) is 12.1. The number of hydrogen-bond donors (Lipinski definition) is 0. The predicted molar refractivity (Wildman–Crippen MR) is 94.1 cm³/mol. The smallest absolute Gasteiger partial charge is 0.309 e. The number of methoxy groups -OCH3 is 1. The summed E-state index contributed by atoms with van der Waals surface area (Å²) in [5.74, 6) is 0.576. The maximum atomic E-state index is 12.0. The molecule has 2 aliphatic rings. The van der Waals surface area contributed by atoms with Crippen LogP contribution in [0.1, 0.15) is 30.1 Å². The van der Waals surface area contributed by atoms with E-state index in [2.05, 4.69) is 6.58 Å². The quantitative estimate of drug-likeness (QED) is 0.794. The van der Waals surface area contributed by atoms with Gasteiger partial charge in [0, 0.05) is 6.42 Å². The normalized spacial score (nSPS) is 27.6. The topological polar surface area (TPSA) is 44.8 Å². The minimum atomic E-state index is -0.789. The molecule has 4 rings (SSSR count). The van der Waals surface area contributed by atoms with Gasteiger partial charge in [-0.05, 0) is 28.8 Å². The molecular formula is C21H20O4. The highest BCUT2D eigenvalue weighted by molar-refractivity contribution is 5.82. The first-order valence-corrected chi connectivity index (χ1v) is 8.38. The van der Waals surface area contributed by atoms with Crippen LogP contribution in [0.25, 0.3) is 5.57 Å². The van der Waals surface area contributed by atoms with E-state index in [9.17, 15) is 4.79 Å². The lowest BCUT2D eigenvalue weighted by molar-refractivity contribution is -0.144. The fourth-order valence-corrected chi connectivity index (χ4v) is 3.76. The van der Waals surface area contributed by atoms with Gasteiger partial charge in [0.1, 0.15) is 11.9 Å². The summed E-state index contributed by atoms with van der Waals surface area (Å²) in [6.45, 7) is 4.25. The van der Waals surface area contributed by atoms with Crippen LogP contribution in [0.3, 0.4) is 0 Å². The Kier molecular flexibility index (Phi) is 3.85. The number of esters is 1. The van der Waals surface area contributed by atoms with Crippen molar-refractivity contribution < 1.29 is 19.0 Å². The number of fused-ring (bicyclic) bond motifs is 1. The van der Waals surface area contributed by atoms with Gasteiger partial charge in [0.15, 0.2) is 5.60 Å². The average molecular weight is 336 g/mol. The van der Waals surface area contributed by atoms with Crippen molar-refractivity contribution in [2.24, 2.45) is 0 Å². The fourth-order valence-electron chi connectivity index (χ4n) is 3.76. The fraction of sp³-hybridized carbons (Fsp3) is 0.286. The third-order valence-corrected chi connectivity index (χ3v) is 5.11. The van der Waals surface area contributed by atoms with Gasteiger partial charge in [0.05, 0.1) is 19.6 Å². The number of ether oxygens (including phenoxy) is 3. The molecule has 3 unspecified atom stereocenters. The van der Waals surface area contributed by atoms with Crippen LogP contribution in [0.15, 0.2) is 61.2 Å². The SMILES string of the molecule is C=C(c1ccccc1)C12CC(c3ccc(OC)cc3)OC1CC(=O)O2. The van der Waals surface area contributed by atoms with Crippen LogP contribution in [-0.4, -0.2) is 24.8 Å². The Morgan fingerprint density at radius 2 is 1.88 bits per heavy atom. The van der Waals surface area contributed by atoms with Gasteiger partial charge >= 0.3 is 5.97 Å². The molecule has 4 heteroatoms. The summed E-state index contributed by atoms with van der Waals surface area (Å²) in [7, 11) is 1.64. The van der Waals surface area contributed by atoms with E-state index in [1.54, 1.807) is 7.11 Å². The second-order valence-corrected chi connectivity index (χ2v) is 6.50. The van der Waals surface area contributed by atoms with Crippen molar-refractivity contribution in [2.75, 3.05) is 7.11 Å². The van der Waals surface area contributed by atoms with Crippen molar-refractivity contribution in [1.29, 1.82) is 0 Å². The predicted octanol–water partition coefficient (Wildman–Crippen LogP) is 3.92. The van der Waals surface area contributed by atoms with Gasteiger partial charge in [-0.25, -0.2) is 0 Å². The molecule has 3 atom stereocenters. The highest BCUT2D eigenvalue weighted by Crippen LogP contribution is 2.52. The Bertz CT molecular complexity index is 796. The third kappa shape index (κ3) is 2.63. The summed E-state index contributed by atoms with van der Waals surface area (Å²) in [6.07, 6.45) is 0.395. The highest BCUT2D eigenvalue weighted by Gasteiger charge is 2.58. The van der Waals surface area contributed by atoms with E-state index in [1.807, 2.05) is 54.6 Å². The summed E-state index contributed by atoms with van der Waals surface area (Å²) in [5.41, 5.74) is 2.04. The molecule has 128 valence electrons. The summed E-state index contributed by atoms with van der Waals surface area (Å²) < 4.78 is 17.2. The van der Waals surface area contributed by atoms with Gasteiger partial charge < -0.3 is 14.2 Å². The van der Waals surface area contributed by atoms with E-state index in [0.717, 1.165) is 22.4 Å². The van der Waals surface area contributed by atoms with Crippen LogP contribution >= 0.6 is 0 Å². The molecule has 2 aromatic carbocycles. The number of rotatable bonds is 4. The number of carbonyl (C=O) groups excluding carboxylic acids is 1. The van der Waals surface area contributed by atoms with Gasteiger partial charge in [-0.3, -0.25) is 4.79 Å². The largest absolute Gasteiger partial charge is 0.497 e. The molecule has 2 aliphatic heterocycles. The zero-order valence-corrected chi connectivity index (χ0v) is 14.1. The van der Waals surface area contributed by atoms with E-state index in [1.165, 1.54) is 0 Å². The minimum absolute atomic E-state index is 0.135. The van der Waals surface area contributed by atoms with Crippen molar-refractivity contribution >= 4 is 11.5 Å². The van der Waals surface area contributed by atoms with Gasteiger partial charge in [0.2, 0.25) is 0 Å². The van der Waals surface area contributed by atoms with Crippen LogP contribution < -0.4 is 4.74 Å². The van der Waals surface area contributed by atoms with Crippen molar-refractivity contribution in [1.82, 2.24) is 0 Å². The molecule has 2 fully saturated rings. The van der Waals surface area contributed by atoms with Crippen LogP contribution in [0.4, 0.5) is 0 Å². The molecule has 25 heavy (non-hydrogen) atoms. The molecule has 0 radical (unpaired) electrons. The van der Waals surface area contributed by atoms with Gasteiger partial charge in [-0.15, -0.1) is 0 Å². The van der Waals surface area contributed by atoms with E-state index in [0.29, 0.717) is 6.42 Å². The first-order valence-electron chi connectivity index (χ1n) is 8.38. The van der Waals surface area contributed by atoms with Gasteiger partial charge in [-0.2, -0.15) is 0 Å². The molecule has 0 saturated carbocycles. The van der Waals surface area contributed by atoms with Gasteiger partial charge in [-0.1, -0.05) is 49.0 Å². The molecule has 2 aromatic rings. The molecule has 0 spiro atoms. The van der Waals surface area contributed by atoms with Crippen molar-refractivity contribution in [3.05, 3.63) is 72.3 Å². The molecule has 0 aliphatic carbocycles. The van der Waals surface area contributed by atoms with Crippen molar-refractivity contribution in [3.8, 4) is 5.75 Å². The lowest BCUT2D eigenvalue weighted by Gasteiger charge is -2.28. The van der Waals surface area contributed by atoms with Crippen molar-refractivity contribution in [3.63, 3.8) is 0 Å². The van der Waals surface area contributed by atoms with Crippen molar-refractivity contribution in [2.45, 2.75) is 30.7 Å². The van der Waals surface area contributed by atoms with E-state index in [4.69, 9.17) is 14.2 Å². The van der Waals surface area contributed by atoms with E-state index >= 15 is 0 Å². The maximum Gasteiger partial charge on any atom is 0.309 e. The average Bonchev–Trinajstić information content (AvgIpc) is 3.15. The van der Waals surface area contributed by atoms with Crippen LogP contribution in [-0.2, 0) is 14.3 Å². The van der Waals surface area contributed by atoms with E-state index in [-0.39, 0.29) is 24.6 Å². The molecule has 0 aromatic heterocycles. The van der Waals surface area contributed by atoms with Gasteiger partial charge in [0.25, 0.3) is 0 Å². The summed E-state index contributed by atoms with van der Waals surface area (Å²) >= 11 is 0. The summed E-state index contributed by atoms with van der Waals surface area (Å²) in [4.78, 5) is 12.0. The van der Waals surface area contributed by atoms with Crippen LogP contribution in [0.5, 0.6) is 5.75 Å². The summed E-state index contributed by atoms with van der Waals surface area (Å²) in [6, 6.07) is 17.7. The number of hydrogen-bond acceptors (Lipinski definition) is 4. The Morgan fingerprint density at radius 3 is 2.56 bits per heavy atom. The molecular weight excluding hydrogens is 316 g/mol. The molecule has 2 heterocycles. The zero-order chi connectivity index (χ0) is 17.4. The lowest BCUT2D eigenvalue weighted by atomic mass is 9.82. The third-order valence-electron chi connectivity index (χ3n) is 5.11. The standard InChI is InChI=1S/C21H20O4/c1-14(15-6-4-3-5-7-15)21-13-18(24-19(21)12-20(22)25-21)16-8-10-17(23-2)11-9-16/h3-11,18-19H,1,12-13H2,2H3. The molecule has 0 N–H and O–H groups in total. The highest BCUT2D eigenvalue weighted by atomic mass is 16.6. The number of benzene rings is 2. The lowest BCUT2D eigenvalue weighted by Crippen LogP contribution is -2.36. The van der Waals surface area contributed by atoms with E-state index < -0.39 is 5.60 Å². The molecule has 4 nitrogen and oxygen atoms in total. The second-order valence-electron chi connectivity index (χ2n) is 6.50. The second kappa shape index (κ2) is 6.05. The summed E-state index contributed by atoms with van der Waals surface area (Å²) in [5, 5.41) is 0. The Morgan fingerprint density at radius 1 is 1.16 bits per heavy atom. The molecule has 2 saturated heterocycles. The molecule has 0 amide bonds. The monoisotopic (exact) mass is 336 g/mol. The number of carbonyl (C=O) groups is 1.